The standard InChI is InChI=1S/C18H13Br2NO3/c1-2-24-18(23)17-14-5-3-4-8-21(14)15(10-22)16(17)12-9-11(19)6-7-13(12)20/h3-10H,2H2,1H3. The molecule has 3 rings (SSSR count). The van der Waals surface area contributed by atoms with E-state index in [-0.39, 0.29) is 6.61 Å². The molecule has 24 heavy (non-hydrogen) atoms. The van der Waals surface area contributed by atoms with E-state index in [2.05, 4.69) is 31.9 Å². The number of carbonyl (C=O) groups excluding carboxylic acids is 2. The van der Waals surface area contributed by atoms with Crippen LogP contribution in [0.1, 0.15) is 27.8 Å². The maximum atomic E-state index is 12.6. The minimum absolute atomic E-state index is 0.262. The highest BCUT2D eigenvalue weighted by atomic mass is 79.9. The van der Waals surface area contributed by atoms with Crippen LogP contribution in [0.3, 0.4) is 0 Å². The normalized spacial score (nSPS) is 10.8. The summed E-state index contributed by atoms with van der Waals surface area (Å²) in [5, 5.41) is 0. The van der Waals surface area contributed by atoms with Gasteiger partial charge >= 0.3 is 5.97 Å². The lowest BCUT2D eigenvalue weighted by Crippen LogP contribution is -2.06. The molecule has 4 nitrogen and oxygen atoms in total. The van der Waals surface area contributed by atoms with Crippen LogP contribution in [0.4, 0.5) is 0 Å². The topological polar surface area (TPSA) is 47.8 Å². The second-order valence-corrected chi connectivity index (χ2v) is 6.82. The van der Waals surface area contributed by atoms with Crippen molar-refractivity contribution < 1.29 is 14.3 Å². The van der Waals surface area contributed by atoms with Crippen molar-refractivity contribution in [3.63, 3.8) is 0 Å². The van der Waals surface area contributed by atoms with E-state index < -0.39 is 5.97 Å². The third kappa shape index (κ3) is 2.80. The van der Waals surface area contributed by atoms with Crippen molar-refractivity contribution in [2.45, 2.75) is 6.92 Å². The molecular weight excluding hydrogens is 438 g/mol. The zero-order valence-corrected chi connectivity index (χ0v) is 15.9. The number of hydrogen-bond acceptors (Lipinski definition) is 3. The number of carbonyl (C=O) groups is 2. The van der Waals surface area contributed by atoms with Gasteiger partial charge in [0.15, 0.2) is 6.29 Å². The molecule has 2 heterocycles. The molecule has 0 atom stereocenters. The van der Waals surface area contributed by atoms with Crippen LogP contribution >= 0.6 is 31.9 Å². The number of ether oxygens (including phenoxy) is 1. The molecule has 0 bridgehead atoms. The Hall–Kier alpha value is -1.92. The zero-order chi connectivity index (χ0) is 17.3. The first-order chi connectivity index (χ1) is 11.6. The highest BCUT2D eigenvalue weighted by molar-refractivity contribution is 9.11. The number of benzene rings is 1. The summed E-state index contributed by atoms with van der Waals surface area (Å²) in [7, 11) is 0. The van der Waals surface area contributed by atoms with Gasteiger partial charge in [-0.15, -0.1) is 0 Å². The van der Waals surface area contributed by atoms with Crippen LogP contribution in [-0.4, -0.2) is 23.3 Å². The molecule has 0 aliphatic heterocycles. The van der Waals surface area contributed by atoms with Crippen molar-refractivity contribution in [2.24, 2.45) is 0 Å². The molecule has 122 valence electrons. The fourth-order valence-corrected chi connectivity index (χ4v) is 3.53. The fourth-order valence-electron chi connectivity index (χ4n) is 2.72. The highest BCUT2D eigenvalue weighted by Crippen LogP contribution is 2.38. The Morgan fingerprint density at radius 1 is 1.25 bits per heavy atom. The molecule has 0 spiro atoms. The molecule has 0 aliphatic rings. The first-order valence-electron chi connectivity index (χ1n) is 7.29. The van der Waals surface area contributed by atoms with E-state index in [1.165, 1.54) is 0 Å². The second kappa shape index (κ2) is 6.91. The van der Waals surface area contributed by atoms with Crippen LogP contribution in [0.5, 0.6) is 0 Å². The highest BCUT2D eigenvalue weighted by Gasteiger charge is 2.26. The van der Waals surface area contributed by atoms with Gasteiger partial charge in [-0.3, -0.25) is 4.79 Å². The van der Waals surface area contributed by atoms with Gasteiger partial charge in [-0.2, -0.15) is 0 Å². The van der Waals surface area contributed by atoms with Crippen LogP contribution in [0.25, 0.3) is 16.6 Å². The maximum Gasteiger partial charge on any atom is 0.340 e. The van der Waals surface area contributed by atoms with Crippen LogP contribution in [0.15, 0.2) is 51.5 Å². The number of rotatable bonds is 4. The lowest BCUT2D eigenvalue weighted by molar-refractivity contribution is 0.0529. The maximum absolute atomic E-state index is 12.6. The Balaban J connectivity index is 2.45. The van der Waals surface area contributed by atoms with Crippen LogP contribution in [0, 0.1) is 0 Å². The Kier molecular flexibility index (Phi) is 4.87. The summed E-state index contributed by atoms with van der Waals surface area (Å²) < 4.78 is 8.58. The molecule has 0 unspecified atom stereocenters. The molecular formula is C18H13Br2NO3. The van der Waals surface area contributed by atoms with Gasteiger partial charge in [0.2, 0.25) is 0 Å². The number of aldehydes is 1. The number of aromatic nitrogens is 1. The Morgan fingerprint density at radius 2 is 2.04 bits per heavy atom. The predicted octanol–water partition coefficient (Wildman–Crippen LogP) is 5.12. The second-order valence-electron chi connectivity index (χ2n) is 5.05. The lowest BCUT2D eigenvalue weighted by Gasteiger charge is -2.08. The molecule has 6 heteroatoms. The largest absolute Gasteiger partial charge is 0.462 e. The minimum Gasteiger partial charge on any atom is -0.462 e. The summed E-state index contributed by atoms with van der Waals surface area (Å²) in [5.74, 6) is -0.448. The van der Waals surface area contributed by atoms with Crippen molar-refractivity contribution in [1.82, 2.24) is 4.40 Å². The van der Waals surface area contributed by atoms with Gasteiger partial charge in [-0.25, -0.2) is 4.79 Å². The van der Waals surface area contributed by atoms with E-state index in [0.717, 1.165) is 20.8 Å². The monoisotopic (exact) mass is 449 g/mol. The van der Waals surface area contributed by atoms with E-state index in [9.17, 15) is 9.59 Å². The fraction of sp³-hybridized carbons (Fsp3) is 0.111. The molecule has 0 saturated carbocycles. The molecule has 0 amide bonds. The van der Waals surface area contributed by atoms with Crippen molar-refractivity contribution >= 4 is 49.6 Å². The van der Waals surface area contributed by atoms with Gasteiger partial charge < -0.3 is 9.14 Å². The van der Waals surface area contributed by atoms with Crippen molar-refractivity contribution in [1.29, 1.82) is 0 Å². The quantitative estimate of drug-likeness (QED) is 0.409. The van der Waals surface area contributed by atoms with E-state index in [4.69, 9.17) is 4.74 Å². The molecule has 3 aromatic rings. The predicted molar refractivity (Wildman–Crippen MR) is 99.6 cm³/mol. The van der Waals surface area contributed by atoms with Gasteiger partial charge in [-0.1, -0.05) is 37.9 Å². The molecule has 0 N–H and O–H groups in total. The number of nitrogens with zero attached hydrogens (tertiary/aromatic N) is 1. The van der Waals surface area contributed by atoms with Gasteiger partial charge in [0.05, 0.1) is 23.4 Å². The van der Waals surface area contributed by atoms with Crippen LogP contribution in [-0.2, 0) is 4.74 Å². The van der Waals surface area contributed by atoms with Crippen molar-refractivity contribution in [3.05, 3.63) is 62.8 Å². The van der Waals surface area contributed by atoms with Crippen LogP contribution < -0.4 is 0 Å². The van der Waals surface area contributed by atoms with Gasteiger partial charge in [0.1, 0.15) is 0 Å². The summed E-state index contributed by atoms with van der Waals surface area (Å²) in [4.78, 5) is 24.4. The summed E-state index contributed by atoms with van der Waals surface area (Å²) in [6.07, 6.45) is 2.52. The van der Waals surface area contributed by atoms with Crippen LogP contribution in [0.2, 0.25) is 0 Å². The van der Waals surface area contributed by atoms with Crippen molar-refractivity contribution in [2.75, 3.05) is 6.61 Å². The molecule has 0 saturated heterocycles. The Labute approximate surface area is 155 Å². The van der Waals surface area contributed by atoms with E-state index >= 15 is 0 Å². The summed E-state index contributed by atoms with van der Waals surface area (Å²) in [6, 6.07) is 11.1. The number of esters is 1. The molecule has 0 aliphatic carbocycles. The lowest BCUT2D eigenvalue weighted by atomic mass is 10.0. The number of fused-ring (bicyclic) bond motifs is 1. The number of halogens is 2. The molecule has 0 radical (unpaired) electrons. The number of hydrogen-bond donors (Lipinski definition) is 0. The third-order valence-corrected chi connectivity index (χ3v) is 4.86. The minimum atomic E-state index is -0.448. The molecule has 0 fully saturated rings. The smallest absolute Gasteiger partial charge is 0.340 e. The summed E-state index contributed by atoms with van der Waals surface area (Å²) in [5.41, 5.74) is 2.74. The summed E-state index contributed by atoms with van der Waals surface area (Å²) in [6.45, 7) is 2.02. The average molecular weight is 451 g/mol. The Bertz CT molecular complexity index is 947. The number of pyridine rings is 1. The average Bonchev–Trinajstić information content (AvgIpc) is 2.91. The first kappa shape index (κ1) is 16.9. The zero-order valence-electron chi connectivity index (χ0n) is 12.8. The third-order valence-electron chi connectivity index (χ3n) is 3.67. The molecule has 1 aromatic carbocycles. The molecule has 2 aromatic heterocycles. The Morgan fingerprint density at radius 3 is 2.75 bits per heavy atom. The van der Waals surface area contributed by atoms with Gasteiger partial charge in [0, 0.05) is 26.3 Å². The first-order valence-corrected chi connectivity index (χ1v) is 8.87. The van der Waals surface area contributed by atoms with E-state index in [0.29, 0.717) is 22.3 Å². The van der Waals surface area contributed by atoms with Gasteiger partial charge in [-0.05, 0) is 37.3 Å². The van der Waals surface area contributed by atoms with Crippen molar-refractivity contribution in [3.8, 4) is 11.1 Å². The SMILES string of the molecule is CCOC(=O)c1c(-c2cc(Br)ccc2Br)c(C=O)n2ccccc12. The van der Waals surface area contributed by atoms with Gasteiger partial charge in [0.25, 0.3) is 0 Å². The van der Waals surface area contributed by atoms with E-state index in [1.54, 1.807) is 23.6 Å². The van der Waals surface area contributed by atoms with E-state index in [1.807, 2.05) is 30.3 Å². The summed E-state index contributed by atoms with van der Waals surface area (Å²) >= 11 is 6.96.